The Balaban J connectivity index is 2.25. The van der Waals surface area contributed by atoms with Crippen LogP contribution in [0.25, 0.3) is 0 Å². The highest BCUT2D eigenvalue weighted by Gasteiger charge is 2.02. The van der Waals surface area contributed by atoms with E-state index in [0.717, 1.165) is 0 Å². The lowest BCUT2D eigenvalue weighted by Gasteiger charge is -2.08. The van der Waals surface area contributed by atoms with E-state index in [9.17, 15) is 0 Å². The Morgan fingerprint density at radius 1 is 1.29 bits per heavy atom. The Hall–Kier alpha value is -2.25. The van der Waals surface area contributed by atoms with Gasteiger partial charge in [0.25, 0.3) is 0 Å². The first-order valence-corrected chi connectivity index (χ1v) is 5.25. The average molecular weight is 245 g/mol. The molecule has 0 radical (unpaired) electrons. The van der Waals surface area contributed by atoms with Gasteiger partial charge in [-0.25, -0.2) is 4.98 Å². The number of hydrogen-bond donors (Lipinski definition) is 2. The minimum Gasteiger partial charge on any atom is -0.399 e. The van der Waals surface area contributed by atoms with Gasteiger partial charge >= 0.3 is 0 Å². The summed E-state index contributed by atoms with van der Waals surface area (Å²) in [5.74, 6) is 0.608. The number of halogens is 1. The maximum absolute atomic E-state index is 8.65. The molecule has 3 N–H and O–H groups in total. The zero-order valence-electron chi connectivity index (χ0n) is 8.81. The Bertz CT molecular complexity index is 572. The Kier molecular flexibility index (Phi) is 3.12. The molecule has 0 amide bonds. The van der Waals surface area contributed by atoms with Gasteiger partial charge in [-0.15, -0.1) is 0 Å². The number of aromatic nitrogens is 1. The predicted molar refractivity (Wildman–Crippen MR) is 68.1 cm³/mol. The smallest absolute Gasteiger partial charge is 0.130 e. The fraction of sp³-hybridized carbons (Fsp3) is 0. The molecule has 0 spiro atoms. The van der Waals surface area contributed by atoms with E-state index in [2.05, 4.69) is 10.3 Å². The van der Waals surface area contributed by atoms with Gasteiger partial charge in [0.15, 0.2) is 0 Å². The van der Waals surface area contributed by atoms with Crippen LogP contribution in [0.2, 0.25) is 5.02 Å². The van der Waals surface area contributed by atoms with Gasteiger partial charge in [-0.1, -0.05) is 11.6 Å². The van der Waals surface area contributed by atoms with Crippen LogP contribution in [0.1, 0.15) is 5.56 Å². The fourth-order valence-corrected chi connectivity index (χ4v) is 1.48. The molecule has 17 heavy (non-hydrogen) atoms. The number of nitriles is 1. The standard InChI is InChI=1S/C12H9ClN4/c13-10-3-2-9(15)5-11(10)17-12-4-1-8(6-14)7-16-12/h1-5,7H,15H2,(H,16,17). The quantitative estimate of drug-likeness (QED) is 0.797. The summed E-state index contributed by atoms with van der Waals surface area (Å²) >= 11 is 6.01. The highest BCUT2D eigenvalue weighted by Crippen LogP contribution is 2.26. The van der Waals surface area contributed by atoms with Crippen LogP contribution < -0.4 is 11.1 Å². The molecular weight excluding hydrogens is 236 g/mol. The van der Waals surface area contributed by atoms with E-state index in [1.165, 1.54) is 6.20 Å². The maximum atomic E-state index is 8.65. The molecule has 2 rings (SSSR count). The van der Waals surface area contributed by atoms with Crippen molar-refractivity contribution in [2.45, 2.75) is 0 Å². The van der Waals surface area contributed by atoms with Crippen molar-refractivity contribution in [1.29, 1.82) is 5.26 Å². The first-order valence-electron chi connectivity index (χ1n) is 4.87. The van der Waals surface area contributed by atoms with Crippen LogP contribution in [0.4, 0.5) is 17.2 Å². The maximum Gasteiger partial charge on any atom is 0.130 e. The van der Waals surface area contributed by atoms with Gasteiger partial charge in [-0.2, -0.15) is 5.26 Å². The molecule has 4 nitrogen and oxygen atoms in total. The molecule has 0 aliphatic carbocycles. The van der Waals surface area contributed by atoms with Gasteiger partial charge in [0, 0.05) is 11.9 Å². The average Bonchev–Trinajstić information content (AvgIpc) is 2.35. The first-order chi connectivity index (χ1) is 8.19. The van der Waals surface area contributed by atoms with Crippen LogP contribution in [0.5, 0.6) is 0 Å². The summed E-state index contributed by atoms with van der Waals surface area (Å²) in [5, 5.41) is 12.2. The van der Waals surface area contributed by atoms with Crippen LogP contribution in [0.15, 0.2) is 36.5 Å². The number of nitrogens with two attached hydrogens (primary N) is 1. The third kappa shape index (κ3) is 2.65. The number of nitrogens with one attached hydrogen (secondary N) is 1. The third-order valence-electron chi connectivity index (χ3n) is 2.15. The molecule has 84 valence electrons. The van der Waals surface area contributed by atoms with Crippen LogP contribution in [0.3, 0.4) is 0 Å². The second-order valence-electron chi connectivity index (χ2n) is 3.41. The van der Waals surface area contributed by atoms with E-state index in [1.807, 2.05) is 6.07 Å². The van der Waals surface area contributed by atoms with Crippen LogP contribution >= 0.6 is 11.6 Å². The summed E-state index contributed by atoms with van der Waals surface area (Å²) in [7, 11) is 0. The van der Waals surface area contributed by atoms with Crippen molar-refractivity contribution < 1.29 is 0 Å². The summed E-state index contributed by atoms with van der Waals surface area (Å²) in [6, 6.07) is 10.5. The SMILES string of the molecule is N#Cc1ccc(Nc2cc(N)ccc2Cl)nc1. The summed E-state index contributed by atoms with van der Waals surface area (Å²) in [4.78, 5) is 4.08. The molecule has 1 aromatic carbocycles. The zero-order valence-corrected chi connectivity index (χ0v) is 9.57. The normalized spacial score (nSPS) is 9.65. The molecule has 1 aromatic heterocycles. The lowest BCUT2D eigenvalue weighted by atomic mass is 10.2. The summed E-state index contributed by atoms with van der Waals surface area (Å²) < 4.78 is 0. The lowest BCUT2D eigenvalue weighted by Crippen LogP contribution is -1.95. The summed E-state index contributed by atoms with van der Waals surface area (Å²) in [6.07, 6.45) is 1.49. The number of nitrogen functional groups attached to an aromatic ring is 1. The topological polar surface area (TPSA) is 74.7 Å². The van der Waals surface area contributed by atoms with Crippen molar-refractivity contribution in [3.63, 3.8) is 0 Å². The second-order valence-corrected chi connectivity index (χ2v) is 3.82. The Labute approximate surface area is 104 Å². The molecule has 0 fully saturated rings. The number of rotatable bonds is 2. The number of benzene rings is 1. The third-order valence-corrected chi connectivity index (χ3v) is 2.48. The zero-order chi connectivity index (χ0) is 12.3. The molecule has 0 atom stereocenters. The molecule has 5 heteroatoms. The Morgan fingerprint density at radius 3 is 2.76 bits per heavy atom. The van der Waals surface area contributed by atoms with Crippen LogP contribution in [-0.4, -0.2) is 4.98 Å². The van der Waals surface area contributed by atoms with Crippen molar-refractivity contribution in [1.82, 2.24) is 4.98 Å². The second kappa shape index (κ2) is 4.73. The summed E-state index contributed by atoms with van der Waals surface area (Å²) in [6.45, 7) is 0. The molecule has 1 heterocycles. The van der Waals surface area contributed by atoms with E-state index in [-0.39, 0.29) is 0 Å². The van der Waals surface area contributed by atoms with E-state index < -0.39 is 0 Å². The number of pyridine rings is 1. The molecule has 0 aliphatic heterocycles. The minimum atomic E-state index is 0.509. The van der Waals surface area contributed by atoms with E-state index >= 15 is 0 Å². The largest absolute Gasteiger partial charge is 0.399 e. The van der Waals surface area contributed by atoms with Crippen molar-refractivity contribution in [3.05, 3.63) is 47.1 Å². The van der Waals surface area contributed by atoms with E-state index in [4.69, 9.17) is 22.6 Å². The molecule has 0 saturated carbocycles. The Morgan fingerprint density at radius 2 is 2.12 bits per heavy atom. The molecule has 0 unspecified atom stereocenters. The van der Waals surface area contributed by atoms with Gasteiger partial charge < -0.3 is 11.1 Å². The van der Waals surface area contributed by atoms with E-state index in [1.54, 1.807) is 30.3 Å². The van der Waals surface area contributed by atoms with Gasteiger partial charge in [-0.05, 0) is 30.3 Å². The predicted octanol–water partition coefficient (Wildman–Crippen LogP) is 2.93. The number of hydrogen-bond acceptors (Lipinski definition) is 4. The van der Waals surface area contributed by atoms with E-state index in [0.29, 0.717) is 27.8 Å². The van der Waals surface area contributed by atoms with Crippen LogP contribution in [0, 0.1) is 11.3 Å². The monoisotopic (exact) mass is 244 g/mol. The molecule has 0 bridgehead atoms. The number of anilines is 3. The molecule has 0 aliphatic rings. The minimum absolute atomic E-state index is 0.509. The highest BCUT2D eigenvalue weighted by molar-refractivity contribution is 6.33. The highest BCUT2D eigenvalue weighted by atomic mass is 35.5. The van der Waals surface area contributed by atoms with Crippen LogP contribution in [-0.2, 0) is 0 Å². The van der Waals surface area contributed by atoms with Gasteiger partial charge in [-0.3, -0.25) is 0 Å². The number of nitrogens with zero attached hydrogens (tertiary/aromatic N) is 2. The molecule has 2 aromatic rings. The lowest BCUT2D eigenvalue weighted by molar-refractivity contribution is 1.29. The van der Waals surface area contributed by atoms with Crippen molar-refractivity contribution in [2.24, 2.45) is 0 Å². The van der Waals surface area contributed by atoms with Crippen molar-refractivity contribution in [3.8, 4) is 6.07 Å². The first kappa shape index (κ1) is 11.2. The van der Waals surface area contributed by atoms with Crippen molar-refractivity contribution in [2.75, 3.05) is 11.1 Å². The van der Waals surface area contributed by atoms with Gasteiger partial charge in [0.1, 0.15) is 11.9 Å². The van der Waals surface area contributed by atoms with Crippen molar-refractivity contribution >= 4 is 28.8 Å². The summed E-state index contributed by atoms with van der Waals surface area (Å²) in [5.41, 5.74) is 7.47. The molecular formula is C12H9ClN4. The van der Waals surface area contributed by atoms with Gasteiger partial charge in [0.2, 0.25) is 0 Å². The molecule has 0 saturated heterocycles. The van der Waals surface area contributed by atoms with Gasteiger partial charge in [0.05, 0.1) is 16.3 Å². The fourth-order valence-electron chi connectivity index (χ4n) is 1.31.